The monoisotopic (exact) mass is 270 g/mol. The fraction of sp³-hybridized carbons (Fsp3) is 0.692. The van der Waals surface area contributed by atoms with E-state index in [9.17, 15) is 0 Å². The van der Waals surface area contributed by atoms with Crippen molar-refractivity contribution in [2.24, 2.45) is 0 Å². The van der Waals surface area contributed by atoms with E-state index in [4.69, 9.17) is 11.6 Å². The summed E-state index contributed by atoms with van der Waals surface area (Å²) in [5, 5.41) is 0. The summed E-state index contributed by atoms with van der Waals surface area (Å²) in [5.74, 6) is 1.28. The van der Waals surface area contributed by atoms with Crippen LogP contribution in [0.4, 0.5) is 5.95 Å². The Hall–Kier alpha value is -0.870. The third kappa shape index (κ3) is 4.42. The molecule has 0 spiro atoms. The Balaban J connectivity index is 2.67. The van der Waals surface area contributed by atoms with Gasteiger partial charge in [-0.2, -0.15) is 0 Å². The van der Waals surface area contributed by atoms with E-state index in [1.54, 1.807) is 0 Å². The van der Waals surface area contributed by atoms with Crippen molar-refractivity contribution in [1.29, 1.82) is 0 Å². The van der Waals surface area contributed by atoms with Crippen LogP contribution in [0.5, 0.6) is 0 Å². The van der Waals surface area contributed by atoms with Crippen molar-refractivity contribution < 1.29 is 0 Å². The average molecular weight is 271 g/mol. The first-order valence-corrected chi connectivity index (χ1v) is 6.90. The van der Waals surface area contributed by atoms with Crippen LogP contribution in [0.3, 0.4) is 0 Å². The van der Waals surface area contributed by atoms with Crippen molar-refractivity contribution in [1.82, 2.24) is 14.9 Å². The lowest BCUT2D eigenvalue weighted by atomic mass is 10.3. The molecule has 0 aromatic carbocycles. The number of rotatable bonds is 7. The number of aromatic nitrogens is 2. The Kier molecular flexibility index (Phi) is 6.36. The molecule has 1 rings (SSSR count). The van der Waals surface area contributed by atoms with E-state index in [2.05, 4.69) is 40.8 Å². The molecule has 0 aliphatic heterocycles. The summed E-state index contributed by atoms with van der Waals surface area (Å²) in [4.78, 5) is 13.3. The van der Waals surface area contributed by atoms with Gasteiger partial charge in [0.25, 0.3) is 0 Å². The molecule has 0 aliphatic rings. The molecule has 0 fully saturated rings. The van der Waals surface area contributed by atoms with Crippen LogP contribution in [0.2, 0.25) is 0 Å². The number of anilines is 1. The average Bonchev–Trinajstić information content (AvgIpc) is 2.34. The van der Waals surface area contributed by atoms with Crippen LogP contribution in [0, 0.1) is 6.92 Å². The smallest absolute Gasteiger partial charge is 0.225 e. The second-order valence-corrected chi connectivity index (χ2v) is 4.92. The topological polar surface area (TPSA) is 32.3 Å². The van der Waals surface area contributed by atoms with Crippen LogP contribution in [-0.4, -0.2) is 48.6 Å². The third-order valence-electron chi connectivity index (χ3n) is 2.91. The summed E-state index contributed by atoms with van der Waals surface area (Å²) in [6, 6.07) is 0. The number of halogens is 1. The van der Waals surface area contributed by atoms with Crippen LogP contribution >= 0.6 is 11.6 Å². The van der Waals surface area contributed by atoms with Crippen molar-refractivity contribution in [3.63, 3.8) is 0 Å². The minimum atomic E-state index is 0.471. The van der Waals surface area contributed by atoms with Gasteiger partial charge in [0.1, 0.15) is 0 Å². The number of hydrogen-bond acceptors (Lipinski definition) is 4. The highest BCUT2D eigenvalue weighted by Gasteiger charge is 2.09. The molecule has 5 heteroatoms. The van der Waals surface area contributed by atoms with Gasteiger partial charge in [0.05, 0.1) is 5.88 Å². The normalized spacial score (nSPS) is 11.0. The summed E-state index contributed by atoms with van der Waals surface area (Å²) in [6.45, 7) is 7.09. The molecule has 1 aromatic heterocycles. The van der Waals surface area contributed by atoms with Crippen molar-refractivity contribution in [2.75, 3.05) is 38.6 Å². The summed E-state index contributed by atoms with van der Waals surface area (Å²) in [5.41, 5.74) is 1.98. The molecule has 0 amide bonds. The minimum Gasteiger partial charge on any atom is -0.341 e. The van der Waals surface area contributed by atoms with Crippen LogP contribution in [0.15, 0.2) is 6.20 Å². The van der Waals surface area contributed by atoms with Gasteiger partial charge >= 0.3 is 0 Å². The van der Waals surface area contributed by atoms with Gasteiger partial charge in [-0.05, 0) is 40.9 Å². The zero-order chi connectivity index (χ0) is 13.5. The Labute approximate surface area is 115 Å². The second-order valence-electron chi connectivity index (χ2n) is 4.65. The van der Waals surface area contributed by atoms with Crippen molar-refractivity contribution in [3.05, 3.63) is 17.5 Å². The number of aryl methyl sites for hydroxylation is 1. The molecular formula is C13H23ClN4. The Bertz CT molecular complexity index is 368. The molecule has 0 atom stereocenters. The van der Waals surface area contributed by atoms with Gasteiger partial charge in [-0.1, -0.05) is 0 Å². The zero-order valence-corrected chi connectivity index (χ0v) is 12.5. The Morgan fingerprint density at radius 1 is 1.28 bits per heavy atom. The Morgan fingerprint density at radius 3 is 2.50 bits per heavy atom. The lowest BCUT2D eigenvalue weighted by Gasteiger charge is -2.22. The summed E-state index contributed by atoms with van der Waals surface area (Å²) in [7, 11) is 4.18. The van der Waals surface area contributed by atoms with Gasteiger partial charge in [-0.15, -0.1) is 11.6 Å². The maximum Gasteiger partial charge on any atom is 0.225 e. The molecule has 1 aromatic rings. The van der Waals surface area contributed by atoms with E-state index < -0.39 is 0 Å². The fourth-order valence-electron chi connectivity index (χ4n) is 1.74. The molecule has 18 heavy (non-hydrogen) atoms. The highest BCUT2D eigenvalue weighted by molar-refractivity contribution is 6.17. The predicted octanol–water partition coefficient (Wildman–Crippen LogP) is 2.30. The highest BCUT2D eigenvalue weighted by atomic mass is 35.5. The van der Waals surface area contributed by atoms with Gasteiger partial charge in [-0.25, -0.2) is 9.97 Å². The largest absolute Gasteiger partial charge is 0.341 e. The lowest BCUT2D eigenvalue weighted by Crippen LogP contribution is -2.28. The number of nitrogens with zero attached hydrogens (tertiary/aromatic N) is 4. The van der Waals surface area contributed by atoms with Gasteiger partial charge in [0.15, 0.2) is 0 Å². The molecular weight excluding hydrogens is 248 g/mol. The molecule has 1 heterocycles. The van der Waals surface area contributed by atoms with Crippen LogP contribution in [-0.2, 0) is 5.88 Å². The SMILES string of the molecule is CCN(CCCN(C)C)c1ncc(CCl)c(C)n1. The van der Waals surface area contributed by atoms with Gasteiger partial charge in [0, 0.05) is 30.5 Å². The molecule has 4 nitrogen and oxygen atoms in total. The van der Waals surface area contributed by atoms with E-state index in [0.717, 1.165) is 43.3 Å². The second kappa shape index (κ2) is 7.54. The first kappa shape index (κ1) is 15.2. The molecule has 0 saturated heterocycles. The van der Waals surface area contributed by atoms with Crippen LogP contribution in [0.1, 0.15) is 24.6 Å². The molecule has 0 saturated carbocycles. The Morgan fingerprint density at radius 2 is 2.00 bits per heavy atom. The van der Waals surface area contributed by atoms with E-state index >= 15 is 0 Å². The molecule has 0 aliphatic carbocycles. The standard InChI is InChI=1S/C13H23ClN4/c1-5-18(8-6-7-17(3)4)13-15-10-12(9-14)11(2)16-13/h10H,5-9H2,1-4H3. The van der Waals surface area contributed by atoms with Crippen LogP contribution in [0.25, 0.3) is 0 Å². The van der Waals surface area contributed by atoms with E-state index in [1.807, 2.05) is 13.1 Å². The molecule has 0 unspecified atom stereocenters. The first-order valence-electron chi connectivity index (χ1n) is 6.36. The third-order valence-corrected chi connectivity index (χ3v) is 3.20. The maximum absolute atomic E-state index is 5.82. The molecule has 102 valence electrons. The summed E-state index contributed by atoms with van der Waals surface area (Å²) >= 11 is 5.82. The van der Waals surface area contributed by atoms with Crippen molar-refractivity contribution >= 4 is 17.5 Å². The minimum absolute atomic E-state index is 0.471. The van der Waals surface area contributed by atoms with E-state index in [1.165, 1.54) is 0 Å². The van der Waals surface area contributed by atoms with Gasteiger partial charge < -0.3 is 9.80 Å². The number of hydrogen-bond donors (Lipinski definition) is 0. The predicted molar refractivity (Wildman–Crippen MR) is 77.4 cm³/mol. The van der Waals surface area contributed by atoms with Crippen LogP contribution < -0.4 is 4.90 Å². The molecule has 0 radical (unpaired) electrons. The van der Waals surface area contributed by atoms with Crippen molar-refractivity contribution in [2.45, 2.75) is 26.1 Å². The quantitative estimate of drug-likeness (QED) is 0.712. The van der Waals surface area contributed by atoms with E-state index in [-0.39, 0.29) is 0 Å². The van der Waals surface area contributed by atoms with E-state index in [0.29, 0.717) is 5.88 Å². The summed E-state index contributed by atoms with van der Waals surface area (Å²) < 4.78 is 0. The summed E-state index contributed by atoms with van der Waals surface area (Å²) in [6.07, 6.45) is 2.94. The maximum atomic E-state index is 5.82. The molecule has 0 bridgehead atoms. The van der Waals surface area contributed by atoms with Gasteiger partial charge in [-0.3, -0.25) is 0 Å². The van der Waals surface area contributed by atoms with Crippen molar-refractivity contribution in [3.8, 4) is 0 Å². The fourth-order valence-corrected chi connectivity index (χ4v) is 2.00. The highest BCUT2D eigenvalue weighted by Crippen LogP contribution is 2.13. The zero-order valence-electron chi connectivity index (χ0n) is 11.8. The first-order chi connectivity index (χ1) is 8.58. The number of alkyl halides is 1. The molecule has 0 N–H and O–H groups in total. The lowest BCUT2D eigenvalue weighted by molar-refractivity contribution is 0.400. The van der Waals surface area contributed by atoms with Gasteiger partial charge in [0.2, 0.25) is 5.95 Å².